The lowest BCUT2D eigenvalue weighted by Crippen LogP contribution is -2.51. The van der Waals surface area contributed by atoms with E-state index >= 15 is 0 Å². The van der Waals surface area contributed by atoms with Gasteiger partial charge >= 0.3 is 0 Å². The molecule has 1 saturated heterocycles. The molecule has 0 spiro atoms. The number of hydrogen-bond acceptors (Lipinski definition) is 8. The van der Waals surface area contributed by atoms with E-state index in [0.29, 0.717) is 52.5 Å². The van der Waals surface area contributed by atoms with E-state index in [4.69, 9.17) is 15.6 Å². The molecule has 0 radical (unpaired) electrons. The van der Waals surface area contributed by atoms with Crippen molar-refractivity contribution in [2.45, 2.75) is 25.3 Å². The standard InChI is InChI=1S/C23H26N6O2S/c1-13(14(2)24)18-19-20(32-21(18)25)22(28-12-27-19)26-8-15-4-6-17(7-5-15)23(30)29-9-16(10-29)11-31-3/h4-7,12,16,24-25H,8-11H2,1-3H3,(H,26,27,28)/b18-13-,24-14?,25-21?. The van der Waals surface area contributed by atoms with Crippen molar-refractivity contribution in [1.82, 2.24) is 14.9 Å². The molecule has 2 aromatic rings. The molecule has 4 rings (SSSR count). The van der Waals surface area contributed by atoms with Crippen molar-refractivity contribution in [2.24, 2.45) is 5.92 Å². The second-order valence-electron chi connectivity index (χ2n) is 8.04. The van der Waals surface area contributed by atoms with Gasteiger partial charge in [0.1, 0.15) is 17.2 Å². The Balaban J connectivity index is 1.42. The van der Waals surface area contributed by atoms with Crippen molar-refractivity contribution in [3.05, 3.63) is 53.0 Å². The number of hydrogen-bond donors (Lipinski definition) is 3. The third-order valence-corrected chi connectivity index (χ3v) is 6.72. The number of rotatable bonds is 7. The summed E-state index contributed by atoms with van der Waals surface area (Å²) in [4.78, 5) is 24.0. The molecule has 3 heterocycles. The van der Waals surface area contributed by atoms with Gasteiger partial charge in [0.15, 0.2) is 0 Å². The summed E-state index contributed by atoms with van der Waals surface area (Å²) in [6, 6.07) is 7.60. The fourth-order valence-corrected chi connectivity index (χ4v) is 4.81. The van der Waals surface area contributed by atoms with Crippen LogP contribution in [0.15, 0.2) is 41.1 Å². The van der Waals surface area contributed by atoms with E-state index in [-0.39, 0.29) is 5.91 Å². The summed E-state index contributed by atoms with van der Waals surface area (Å²) in [5.74, 6) is 1.15. The molecule has 1 aromatic carbocycles. The van der Waals surface area contributed by atoms with Gasteiger partial charge in [-0.2, -0.15) is 0 Å². The number of anilines is 1. The molecule has 8 nitrogen and oxygen atoms in total. The first kappa shape index (κ1) is 22.2. The Morgan fingerprint density at radius 3 is 2.62 bits per heavy atom. The molecule has 0 bridgehead atoms. The van der Waals surface area contributed by atoms with E-state index in [0.717, 1.165) is 29.1 Å². The number of allylic oxidation sites excluding steroid dienone is 1. The lowest BCUT2D eigenvalue weighted by molar-refractivity contribution is 0.0270. The Kier molecular flexibility index (Phi) is 6.38. The summed E-state index contributed by atoms with van der Waals surface area (Å²) in [6.07, 6.45) is 1.48. The van der Waals surface area contributed by atoms with Crippen LogP contribution >= 0.6 is 11.8 Å². The van der Waals surface area contributed by atoms with Gasteiger partial charge in [-0.05, 0) is 37.1 Å². The number of fused-ring (bicyclic) bond motifs is 1. The minimum atomic E-state index is 0.0524. The third-order valence-electron chi connectivity index (χ3n) is 5.72. The van der Waals surface area contributed by atoms with Crippen molar-refractivity contribution in [1.29, 1.82) is 10.8 Å². The van der Waals surface area contributed by atoms with Gasteiger partial charge < -0.3 is 20.4 Å². The predicted molar refractivity (Wildman–Crippen MR) is 127 cm³/mol. The number of thioether (sulfide) groups is 1. The molecule has 2 aliphatic rings. The van der Waals surface area contributed by atoms with Crippen LogP contribution in [-0.2, 0) is 11.3 Å². The van der Waals surface area contributed by atoms with Crippen LogP contribution in [-0.4, -0.2) is 58.3 Å². The zero-order valence-electron chi connectivity index (χ0n) is 18.4. The summed E-state index contributed by atoms with van der Waals surface area (Å²) < 4.78 is 5.14. The van der Waals surface area contributed by atoms with Crippen molar-refractivity contribution >= 4 is 39.8 Å². The quantitative estimate of drug-likeness (QED) is 0.554. The Bertz CT molecular complexity index is 1110. The van der Waals surface area contributed by atoms with Gasteiger partial charge in [0, 0.05) is 49.5 Å². The summed E-state index contributed by atoms with van der Waals surface area (Å²) in [7, 11) is 1.68. The first-order valence-corrected chi connectivity index (χ1v) is 11.2. The number of likely N-dealkylation sites (tertiary alicyclic amines) is 1. The number of nitrogens with zero attached hydrogens (tertiary/aromatic N) is 3. The maximum absolute atomic E-state index is 12.6. The van der Waals surface area contributed by atoms with E-state index < -0.39 is 0 Å². The van der Waals surface area contributed by atoms with Gasteiger partial charge in [-0.15, -0.1) is 0 Å². The molecule has 3 N–H and O–H groups in total. The Morgan fingerprint density at radius 1 is 1.25 bits per heavy atom. The molecule has 1 amide bonds. The largest absolute Gasteiger partial charge is 0.384 e. The molecule has 2 aliphatic heterocycles. The molecule has 166 valence electrons. The predicted octanol–water partition coefficient (Wildman–Crippen LogP) is 3.70. The van der Waals surface area contributed by atoms with Gasteiger partial charge in [0.2, 0.25) is 0 Å². The number of nitrogens with one attached hydrogen (secondary N) is 3. The zero-order valence-corrected chi connectivity index (χ0v) is 19.2. The van der Waals surface area contributed by atoms with Crippen LogP contribution < -0.4 is 5.32 Å². The number of carbonyl (C=O) groups is 1. The highest BCUT2D eigenvalue weighted by molar-refractivity contribution is 8.15. The van der Waals surface area contributed by atoms with Gasteiger partial charge in [0.25, 0.3) is 5.91 Å². The monoisotopic (exact) mass is 450 g/mol. The second kappa shape index (κ2) is 9.22. The van der Waals surface area contributed by atoms with Crippen molar-refractivity contribution in [3.63, 3.8) is 0 Å². The molecule has 0 atom stereocenters. The lowest BCUT2D eigenvalue weighted by Gasteiger charge is -2.38. The Hall–Kier alpha value is -3.04. The molecular formula is C23H26N6O2S. The maximum atomic E-state index is 12.6. The Labute approximate surface area is 191 Å². The van der Waals surface area contributed by atoms with Gasteiger partial charge in [-0.3, -0.25) is 10.2 Å². The molecule has 1 aromatic heterocycles. The highest BCUT2D eigenvalue weighted by Crippen LogP contribution is 2.44. The highest BCUT2D eigenvalue weighted by atomic mass is 32.2. The molecule has 0 aliphatic carbocycles. The average Bonchev–Trinajstić information content (AvgIpc) is 3.10. The molecule has 9 heteroatoms. The molecular weight excluding hydrogens is 424 g/mol. The van der Waals surface area contributed by atoms with Crippen LogP contribution in [0.2, 0.25) is 0 Å². The number of aromatic nitrogens is 2. The van der Waals surface area contributed by atoms with Crippen LogP contribution in [0.3, 0.4) is 0 Å². The lowest BCUT2D eigenvalue weighted by atomic mass is 9.99. The van der Waals surface area contributed by atoms with E-state index in [1.807, 2.05) is 36.1 Å². The highest BCUT2D eigenvalue weighted by Gasteiger charge is 2.31. The van der Waals surface area contributed by atoms with Crippen molar-refractivity contribution < 1.29 is 9.53 Å². The summed E-state index contributed by atoms with van der Waals surface area (Å²) >= 11 is 1.31. The van der Waals surface area contributed by atoms with Gasteiger partial charge in [0.05, 0.1) is 17.2 Å². The smallest absolute Gasteiger partial charge is 0.253 e. The fourth-order valence-electron chi connectivity index (χ4n) is 3.78. The van der Waals surface area contributed by atoms with Crippen LogP contribution in [0.25, 0.3) is 5.57 Å². The molecule has 0 unspecified atom stereocenters. The van der Waals surface area contributed by atoms with E-state index in [1.54, 1.807) is 14.0 Å². The normalized spacial score (nSPS) is 17.1. The third kappa shape index (κ3) is 4.31. The van der Waals surface area contributed by atoms with Crippen LogP contribution in [0.1, 0.15) is 35.5 Å². The fraction of sp³-hybridized carbons (Fsp3) is 0.348. The molecule has 0 saturated carbocycles. The molecule has 32 heavy (non-hydrogen) atoms. The SMILES string of the molecule is COCC1CN(C(=O)c2ccc(CNc3ncnc4c3SC(=N)/C4=C(/C)C(C)=N)cc2)C1. The van der Waals surface area contributed by atoms with E-state index in [2.05, 4.69) is 15.3 Å². The van der Waals surface area contributed by atoms with Gasteiger partial charge in [-0.25, -0.2) is 9.97 Å². The van der Waals surface area contributed by atoms with E-state index in [9.17, 15) is 4.79 Å². The number of amides is 1. The van der Waals surface area contributed by atoms with Crippen molar-refractivity contribution in [3.8, 4) is 0 Å². The molecule has 1 fully saturated rings. The minimum Gasteiger partial charge on any atom is -0.384 e. The topological polar surface area (TPSA) is 115 Å². The van der Waals surface area contributed by atoms with Crippen molar-refractivity contribution in [2.75, 3.05) is 32.1 Å². The number of methoxy groups -OCH3 is 1. The average molecular weight is 451 g/mol. The van der Waals surface area contributed by atoms with Crippen LogP contribution in [0, 0.1) is 16.7 Å². The summed E-state index contributed by atoms with van der Waals surface area (Å²) in [6.45, 7) is 6.28. The summed E-state index contributed by atoms with van der Waals surface area (Å²) in [5, 5.41) is 20.0. The maximum Gasteiger partial charge on any atom is 0.253 e. The van der Waals surface area contributed by atoms with E-state index in [1.165, 1.54) is 18.1 Å². The number of ether oxygens (including phenoxy) is 1. The zero-order chi connectivity index (χ0) is 22.8. The minimum absolute atomic E-state index is 0.0524. The summed E-state index contributed by atoms with van der Waals surface area (Å²) in [5.41, 5.74) is 4.28. The van der Waals surface area contributed by atoms with Gasteiger partial charge in [-0.1, -0.05) is 23.9 Å². The number of benzene rings is 1. The van der Waals surface area contributed by atoms with Crippen LogP contribution in [0.5, 0.6) is 0 Å². The first-order valence-electron chi connectivity index (χ1n) is 10.4. The first-order chi connectivity index (χ1) is 15.4. The van der Waals surface area contributed by atoms with Crippen LogP contribution in [0.4, 0.5) is 5.82 Å². The second-order valence-corrected chi connectivity index (χ2v) is 9.06. The number of carbonyl (C=O) groups excluding carboxylic acids is 1. The Morgan fingerprint density at radius 2 is 1.97 bits per heavy atom.